The third-order valence-electron chi connectivity index (χ3n) is 2.62. The minimum absolute atomic E-state index is 0.0813. The zero-order chi connectivity index (χ0) is 16.3. The van der Waals surface area contributed by atoms with E-state index in [0.717, 1.165) is 0 Å². The van der Waals surface area contributed by atoms with Gasteiger partial charge in [0.15, 0.2) is 0 Å². The van der Waals surface area contributed by atoms with E-state index in [-0.39, 0.29) is 26.2 Å². The quantitative estimate of drug-likeness (QED) is 0.381. The predicted octanol–water partition coefficient (Wildman–Crippen LogP) is -0.791. The molecular weight excluding hydrogens is 280 g/mol. The average Bonchev–Trinajstić information content (AvgIpc) is 2.42. The van der Waals surface area contributed by atoms with Crippen molar-refractivity contribution in [3.63, 3.8) is 0 Å². The first kappa shape index (κ1) is 19.3. The Labute approximate surface area is 124 Å². The van der Waals surface area contributed by atoms with Crippen LogP contribution in [0, 0.1) is 5.92 Å². The maximum atomic E-state index is 11.6. The maximum Gasteiger partial charge on any atom is 0.308 e. The fourth-order valence-electron chi connectivity index (χ4n) is 1.52. The highest BCUT2D eigenvalue weighted by Gasteiger charge is 2.25. The number of ether oxygens (including phenoxy) is 3. The molecule has 0 aliphatic rings. The first-order chi connectivity index (χ1) is 9.92. The van der Waals surface area contributed by atoms with E-state index < -0.39 is 29.7 Å². The Morgan fingerprint density at radius 2 is 1.90 bits per heavy atom. The van der Waals surface area contributed by atoms with E-state index in [1.807, 2.05) is 0 Å². The van der Waals surface area contributed by atoms with Gasteiger partial charge in [-0.3, -0.25) is 14.4 Å². The Balaban J connectivity index is 4.26. The predicted molar refractivity (Wildman–Crippen MR) is 74.2 cm³/mol. The molecule has 0 rings (SSSR count). The molecule has 0 radical (unpaired) electrons. The van der Waals surface area contributed by atoms with Crippen molar-refractivity contribution in [2.75, 3.05) is 33.5 Å². The second kappa shape index (κ2) is 11.0. The molecule has 0 bridgehead atoms. The lowest BCUT2D eigenvalue weighted by molar-refractivity contribution is -0.148. The number of carbonyl (C=O) groups excluding carboxylic acids is 3. The fraction of sp³-hybridized carbons (Fsp3) is 0.769. The van der Waals surface area contributed by atoms with Crippen LogP contribution in [0.4, 0.5) is 0 Å². The summed E-state index contributed by atoms with van der Waals surface area (Å²) in [6.45, 7) is 3.98. The van der Waals surface area contributed by atoms with Crippen LogP contribution in [0.15, 0.2) is 0 Å². The van der Waals surface area contributed by atoms with Crippen molar-refractivity contribution in [1.82, 2.24) is 5.32 Å². The summed E-state index contributed by atoms with van der Waals surface area (Å²) < 4.78 is 14.6. The lowest BCUT2D eigenvalue weighted by Gasteiger charge is -2.18. The standard InChI is InChI=1S/C13H24N2O6/c1-4-21-13(18)9(2)7-10(12(14)17)15-11(16)8-20-6-5-19-3/h9-10H,4-8H2,1-3H3,(H2,14,17)(H,15,16)/t9-,10-/m0/s1. The number of hydrogen-bond acceptors (Lipinski definition) is 6. The SMILES string of the molecule is CCOC(=O)[C@@H](C)C[C@H](NC(=O)COCCOC)C(N)=O. The summed E-state index contributed by atoms with van der Waals surface area (Å²) in [5.41, 5.74) is 5.22. The summed E-state index contributed by atoms with van der Waals surface area (Å²) in [6.07, 6.45) is 0.0813. The number of rotatable bonds is 11. The van der Waals surface area contributed by atoms with Gasteiger partial charge in [-0.25, -0.2) is 0 Å². The van der Waals surface area contributed by atoms with Gasteiger partial charge < -0.3 is 25.3 Å². The summed E-state index contributed by atoms with van der Waals surface area (Å²) in [5, 5.41) is 2.43. The van der Waals surface area contributed by atoms with Gasteiger partial charge in [0.25, 0.3) is 0 Å². The molecule has 0 aliphatic carbocycles. The molecule has 0 aromatic rings. The van der Waals surface area contributed by atoms with Gasteiger partial charge in [-0.1, -0.05) is 6.92 Å². The Morgan fingerprint density at radius 3 is 2.43 bits per heavy atom. The Morgan fingerprint density at radius 1 is 1.24 bits per heavy atom. The van der Waals surface area contributed by atoms with Crippen LogP contribution >= 0.6 is 0 Å². The molecule has 0 aliphatic heterocycles. The molecule has 0 saturated heterocycles. The summed E-state index contributed by atoms with van der Waals surface area (Å²) in [5.74, 6) is -2.17. The van der Waals surface area contributed by atoms with E-state index in [1.165, 1.54) is 7.11 Å². The van der Waals surface area contributed by atoms with E-state index in [0.29, 0.717) is 6.61 Å². The van der Waals surface area contributed by atoms with Gasteiger partial charge in [-0.2, -0.15) is 0 Å². The van der Waals surface area contributed by atoms with Crippen LogP contribution in [0.1, 0.15) is 20.3 Å². The Hall–Kier alpha value is -1.67. The zero-order valence-corrected chi connectivity index (χ0v) is 12.7. The van der Waals surface area contributed by atoms with Crippen LogP contribution in [0.5, 0.6) is 0 Å². The molecular formula is C13H24N2O6. The molecule has 0 aromatic heterocycles. The number of hydrogen-bond donors (Lipinski definition) is 2. The minimum Gasteiger partial charge on any atom is -0.466 e. The molecule has 122 valence electrons. The number of nitrogens with two attached hydrogens (primary N) is 1. The summed E-state index contributed by atoms with van der Waals surface area (Å²) in [4.78, 5) is 34.4. The highest BCUT2D eigenvalue weighted by atomic mass is 16.5. The molecule has 3 N–H and O–H groups in total. The smallest absolute Gasteiger partial charge is 0.308 e. The molecule has 2 atom stereocenters. The van der Waals surface area contributed by atoms with Crippen LogP contribution in [-0.2, 0) is 28.6 Å². The average molecular weight is 304 g/mol. The Kier molecular flexibility index (Phi) is 10.2. The molecule has 0 saturated carbocycles. The molecule has 0 unspecified atom stereocenters. The summed E-state index contributed by atoms with van der Waals surface area (Å²) in [6, 6.07) is -0.942. The first-order valence-electron chi connectivity index (χ1n) is 6.74. The molecule has 2 amide bonds. The van der Waals surface area contributed by atoms with Crippen molar-refractivity contribution in [3.8, 4) is 0 Å². The van der Waals surface area contributed by atoms with Gasteiger partial charge in [0.2, 0.25) is 11.8 Å². The van der Waals surface area contributed by atoms with Gasteiger partial charge in [0, 0.05) is 7.11 Å². The molecule has 21 heavy (non-hydrogen) atoms. The van der Waals surface area contributed by atoms with Crippen molar-refractivity contribution in [2.24, 2.45) is 11.7 Å². The molecule has 0 heterocycles. The van der Waals surface area contributed by atoms with E-state index in [4.69, 9.17) is 19.9 Å². The third-order valence-corrected chi connectivity index (χ3v) is 2.62. The fourth-order valence-corrected chi connectivity index (χ4v) is 1.52. The highest BCUT2D eigenvalue weighted by Crippen LogP contribution is 2.08. The van der Waals surface area contributed by atoms with Crippen LogP contribution in [0.3, 0.4) is 0 Å². The lowest BCUT2D eigenvalue weighted by atomic mass is 10.0. The van der Waals surface area contributed by atoms with Crippen LogP contribution < -0.4 is 11.1 Å². The van der Waals surface area contributed by atoms with Gasteiger partial charge >= 0.3 is 5.97 Å². The largest absolute Gasteiger partial charge is 0.466 e. The van der Waals surface area contributed by atoms with Gasteiger partial charge in [0.05, 0.1) is 25.7 Å². The highest BCUT2D eigenvalue weighted by molar-refractivity contribution is 5.87. The third kappa shape index (κ3) is 8.98. The van der Waals surface area contributed by atoms with E-state index in [1.54, 1.807) is 13.8 Å². The number of methoxy groups -OCH3 is 1. The maximum absolute atomic E-state index is 11.6. The zero-order valence-electron chi connectivity index (χ0n) is 12.7. The van der Waals surface area contributed by atoms with Crippen LogP contribution in [0.2, 0.25) is 0 Å². The molecule has 0 aromatic carbocycles. The normalized spacial score (nSPS) is 13.3. The summed E-state index contributed by atoms with van der Waals surface area (Å²) in [7, 11) is 1.52. The van der Waals surface area contributed by atoms with Crippen LogP contribution in [0.25, 0.3) is 0 Å². The number of carbonyl (C=O) groups is 3. The van der Waals surface area contributed by atoms with E-state index in [9.17, 15) is 14.4 Å². The summed E-state index contributed by atoms with van der Waals surface area (Å²) >= 11 is 0. The topological polar surface area (TPSA) is 117 Å². The first-order valence-corrected chi connectivity index (χ1v) is 6.74. The molecule has 8 nitrogen and oxygen atoms in total. The number of esters is 1. The van der Waals surface area contributed by atoms with Crippen molar-refractivity contribution < 1.29 is 28.6 Å². The van der Waals surface area contributed by atoms with Crippen LogP contribution in [-0.4, -0.2) is 57.4 Å². The van der Waals surface area contributed by atoms with Crippen molar-refractivity contribution in [3.05, 3.63) is 0 Å². The van der Waals surface area contributed by atoms with Crippen molar-refractivity contribution in [1.29, 1.82) is 0 Å². The second-order valence-corrected chi connectivity index (χ2v) is 4.46. The lowest BCUT2D eigenvalue weighted by Crippen LogP contribution is -2.47. The molecule has 0 fully saturated rings. The van der Waals surface area contributed by atoms with Crippen molar-refractivity contribution in [2.45, 2.75) is 26.3 Å². The van der Waals surface area contributed by atoms with Gasteiger partial charge in [-0.05, 0) is 13.3 Å². The number of nitrogens with one attached hydrogen (secondary N) is 1. The Bertz CT molecular complexity index is 348. The van der Waals surface area contributed by atoms with E-state index in [2.05, 4.69) is 5.32 Å². The number of primary amides is 1. The number of amides is 2. The molecule has 0 spiro atoms. The van der Waals surface area contributed by atoms with E-state index >= 15 is 0 Å². The monoisotopic (exact) mass is 304 g/mol. The van der Waals surface area contributed by atoms with Gasteiger partial charge in [-0.15, -0.1) is 0 Å². The van der Waals surface area contributed by atoms with Gasteiger partial charge in [0.1, 0.15) is 12.6 Å². The minimum atomic E-state index is -0.942. The molecule has 8 heteroatoms. The second-order valence-electron chi connectivity index (χ2n) is 4.46. The van der Waals surface area contributed by atoms with Crippen molar-refractivity contribution >= 4 is 17.8 Å².